The van der Waals surface area contributed by atoms with Crippen molar-refractivity contribution in [3.63, 3.8) is 0 Å². The van der Waals surface area contributed by atoms with E-state index in [0.29, 0.717) is 11.3 Å². The second-order valence-electron chi connectivity index (χ2n) is 4.18. The molecule has 0 aliphatic carbocycles. The summed E-state index contributed by atoms with van der Waals surface area (Å²) in [7, 11) is 1.37. The molecule has 1 N–H and O–H groups in total. The third-order valence-electron chi connectivity index (χ3n) is 2.91. The highest BCUT2D eigenvalue weighted by molar-refractivity contribution is 5.59. The zero-order valence-corrected chi connectivity index (χ0v) is 11.0. The lowest BCUT2D eigenvalue weighted by Gasteiger charge is -2.08. The van der Waals surface area contributed by atoms with Gasteiger partial charge in [0.05, 0.1) is 5.69 Å². The fourth-order valence-corrected chi connectivity index (χ4v) is 1.72. The first-order valence-electron chi connectivity index (χ1n) is 5.85. The van der Waals surface area contributed by atoms with Gasteiger partial charge in [-0.15, -0.1) is 5.11 Å². The van der Waals surface area contributed by atoms with Crippen molar-refractivity contribution < 1.29 is 5.11 Å². The largest absolute Gasteiger partial charge is 0.493 e. The van der Waals surface area contributed by atoms with Crippen molar-refractivity contribution in [2.24, 2.45) is 17.3 Å². The van der Waals surface area contributed by atoms with Crippen LogP contribution in [0.25, 0.3) is 0 Å². The number of benzene rings is 1. The summed E-state index contributed by atoms with van der Waals surface area (Å²) in [5.41, 5.74) is 0.437. The van der Waals surface area contributed by atoms with Gasteiger partial charge in [0.15, 0.2) is 5.69 Å². The Kier molecular flexibility index (Phi) is 3.62. The predicted molar refractivity (Wildman–Crippen MR) is 73.4 cm³/mol. The lowest BCUT2D eigenvalue weighted by molar-refractivity contribution is 0.424. The van der Waals surface area contributed by atoms with Gasteiger partial charge in [0.2, 0.25) is 5.88 Å². The van der Waals surface area contributed by atoms with E-state index >= 15 is 0 Å². The van der Waals surface area contributed by atoms with E-state index in [1.807, 2.05) is 24.3 Å². The lowest BCUT2D eigenvalue weighted by atomic mass is 10.1. The number of rotatable bonds is 2. The van der Waals surface area contributed by atoms with Crippen LogP contribution in [-0.2, 0) is 7.05 Å². The number of azo groups is 1. The molecule has 0 fully saturated rings. The molecule has 0 bridgehead atoms. The van der Waals surface area contributed by atoms with Crippen molar-refractivity contribution in [3.05, 3.63) is 51.8 Å². The highest BCUT2D eigenvalue weighted by Gasteiger charge is 2.16. The normalized spacial score (nSPS) is 10.7. The molecule has 1 heterocycles. The van der Waals surface area contributed by atoms with Gasteiger partial charge in [0.1, 0.15) is 11.6 Å². The molecule has 20 heavy (non-hydrogen) atoms. The zero-order chi connectivity index (χ0) is 14.7. The van der Waals surface area contributed by atoms with Crippen LogP contribution in [0.5, 0.6) is 5.88 Å². The van der Waals surface area contributed by atoms with Gasteiger partial charge in [-0.25, -0.2) is 0 Å². The molecule has 0 unspecified atom stereocenters. The van der Waals surface area contributed by atoms with Gasteiger partial charge in [0, 0.05) is 12.6 Å². The molecule has 0 aliphatic rings. The average Bonchev–Trinajstić information content (AvgIpc) is 2.47. The van der Waals surface area contributed by atoms with E-state index in [2.05, 4.69) is 10.2 Å². The summed E-state index contributed by atoms with van der Waals surface area (Å²) in [6.07, 6.45) is 0. The van der Waals surface area contributed by atoms with Crippen molar-refractivity contribution in [2.75, 3.05) is 0 Å². The minimum Gasteiger partial charge on any atom is -0.493 e. The van der Waals surface area contributed by atoms with Gasteiger partial charge >= 0.3 is 0 Å². The summed E-state index contributed by atoms with van der Waals surface area (Å²) < 4.78 is 0.977. The minimum absolute atomic E-state index is 0.0488. The fourth-order valence-electron chi connectivity index (χ4n) is 1.72. The van der Waals surface area contributed by atoms with Crippen molar-refractivity contribution in [1.82, 2.24) is 4.57 Å². The zero-order valence-electron chi connectivity index (χ0n) is 11.0. The summed E-state index contributed by atoms with van der Waals surface area (Å²) in [4.78, 5) is 11.8. The molecule has 0 saturated heterocycles. The van der Waals surface area contributed by atoms with E-state index in [1.165, 1.54) is 7.05 Å². The Labute approximate surface area is 115 Å². The summed E-state index contributed by atoms with van der Waals surface area (Å²) in [5, 5.41) is 26.9. The SMILES string of the molecule is Cc1c(/N=N/c2ccccc2)c(O)n(C)c(=O)c1C#N. The van der Waals surface area contributed by atoms with Gasteiger partial charge in [-0.3, -0.25) is 9.36 Å². The van der Waals surface area contributed by atoms with Crippen molar-refractivity contribution in [1.29, 1.82) is 5.26 Å². The highest BCUT2D eigenvalue weighted by atomic mass is 16.3. The first kappa shape index (κ1) is 13.5. The molecule has 0 aliphatic heterocycles. The molecule has 0 saturated carbocycles. The lowest BCUT2D eigenvalue weighted by Crippen LogP contribution is -2.20. The van der Waals surface area contributed by atoms with Crippen LogP contribution in [0.4, 0.5) is 11.4 Å². The third-order valence-corrected chi connectivity index (χ3v) is 2.91. The van der Waals surface area contributed by atoms with E-state index < -0.39 is 5.56 Å². The van der Waals surface area contributed by atoms with Gasteiger partial charge in [-0.1, -0.05) is 18.2 Å². The van der Waals surface area contributed by atoms with Crippen molar-refractivity contribution in [2.45, 2.75) is 6.92 Å². The average molecular weight is 268 g/mol. The molecule has 0 radical (unpaired) electrons. The topological polar surface area (TPSA) is 90.7 Å². The summed E-state index contributed by atoms with van der Waals surface area (Å²) in [5.74, 6) is -0.314. The number of hydrogen-bond donors (Lipinski definition) is 1. The molecule has 0 spiro atoms. The molecule has 1 aromatic carbocycles. The first-order chi connectivity index (χ1) is 9.56. The van der Waals surface area contributed by atoms with E-state index in [9.17, 15) is 9.90 Å². The van der Waals surface area contributed by atoms with Crippen LogP contribution in [0.3, 0.4) is 0 Å². The Morgan fingerprint density at radius 3 is 2.50 bits per heavy atom. The molecule has 6 nitrogen and oxygen atoms in total. The number of hydrogen-bond acceptors (Lipinski definition) is 5. The van der Waals surface area contributed by atoms with Crippen LogP contribution >= 0.6 is 0 Å². The second-order valence-corrected chi connectivity index (χ2v) is 4.18. The highest BCUT2D eigenvalue weighted by Crippen LogP contribution is 2.31. The Morgan fingerprint density at radius 1 is 1.25 bits per heavy atom. The quantitative estimate of drug-likeness (QED) is 0.849. The standard InChI is InChI=1S/C14H12N4O2/c1-9-11(8-15)13(19)18(2)14(20)12(9)17-16-10-6-4-3-5-7-10/h3-7,20H,1-2H3/b17-16+. The van der Waals surface area contributed by atoms with Crippen molar-refractivity contribution >= 4 is 11.4 Å². The monoisotopic (exact) mass is 268 g/mol. The Bertz CT molecular complexity index is 770. The molecule has 0 atom stereocenters. The van der Waals surface area contributed by atoms with Crippen LogP contribution in [0.15, 0.2) is 45.4 Å². The maximum Gasteiger partial charge on any atom is 0.271 e. The van der Waals surface area contributed by atoms with Gasteiger partial charge in [0.25, 0.3) is 5.56 Å². The molecule has 1 aromatic heterocycles. The Balaban J connectivity index is 2.59. The molecule has 2 rings (SSSR count). The van der Waals surface area contributed by atoms with Crippen LogP contribution in [0.1, 0.15) is 11.1 Å². The number of nitrogens with zero attached hydrogens (tertiary/aromatic N) is 4. The van der Waals surface area contributed by atoms with Crippen molar-refractivity contribution in [3.8, 4) is 11.9 Å². The van der Waals surface area contributed by atoms with E-state index in [0.717, 1.165) is 4.57 Å². The van der Waals surface area contributed by atoms with Crippen LogP contribution in [0.2, 0.25) is 0 Å². The third kappa shape index (κ3) is 2.29. The predicted octanol–water partition coefficient (Wildman–Crippen LogP) is 2.69. The molecule has 6 heteroatoms. The maximum atomic E-state index is 11.8. The number of aromatic nitrogens is 1. The Hall–Kier alpha value is -2.94. The van der Waals surface area contributed by atoms with E-state index in [4.69, 9.17) is 5.26 Å². The molecular weight excluding hydrogens is 256 g/mol. The summed E-state index contributed by atoms with van der Waals surface area (Å²) >= 11 is 0. The molecular formula is C14H12N4O2. The van der Waals surface area contributed by atoms with Crippen LogP contribution in [0, 0.1) is 18.3 Å². The summed E-state index contributed by atoms with van der Waals surface area (Å²) in [6, 6.07) is 10.8. The van der Waals surface area contributed by atoms with Crippen LogP contribution in [-0.4, -0.2) is 9.67 Å². The van der Waals surface area contributed by atoms with Gasteiger partial charge in [-0.05, 0) is 19.1 Å². The van der Waals surface area contributed by atoms with Crippen LogP contribution < -0.4 is 5.56 Å². The summed E-state index contributed by atoms with van der Waals surface area (Å²) in [6.45, 7) is 1.55. The second kappa shape index (κ2) is 5.36. The first-order valence-corrected chi connectivity index (χ1v) is 5.85. The van der Waals surface area contributed by atoms with Gasteiger partial charge < -0.3 is 5.11 Å². The molecule has 2 aromatic rings. The smallest absolute Gasteiger partial charge is 0.271 e. The van der Waals surface area contributed by atoms with E-state index in [-0.39, 0.29) is 17.1 Å². The number of nitriles is 1. The number of aromatic hydroxyl groups is 1. The number of pyridine rings is 1. The molecule has 0 amide bonds. The molecule has 100 valence electrons. The fraction of sp³-hybridized carbons (Fsp3) is 0.143. The van der Waals surface area contributed by atoms with Gasteiger partial charge in [-0.2, -0.15) is 10.4 Å². The maximum absolute atomic E-state index is 11.8. The Morgan fingerprint density at radius 2 is 1.90 bits per heavy atom. The van der Waals surface area contributed by atoms with E-state index in [1.54, 1.807) is 19.1 Å². The minimum atomic E-state index is -0.554.